The highest BCUT2D eigenvalue weighted by molar-refractivity contribution is 5.81. The number of rotatable bonds is 5. The van der Waals surface area contributed by atoms with Crippen molar-refractivity contribution in [3.63, 3.8) is 0 Å². The van der Waals surface area contributed by atoms with Gasteiger partial charge in [-0.2, -0.15) is 0 Å². The van der Waals surface area contributed by atoms with Crippen LogP contribution in [0.15, 0.2) is 29.1 Å². The first-order valence-corrected chi connectivity index (χ1v) is 12.1. The Kier molecular flexibility index (Phi) is 5.82. The minimum Gasteiger partial charge on any atom is -0.382 e. The van der Waals surface area contributed by atoms with Crippen LogP contribution in [-0.2, 0) is 0 Å². The zero-order valence-electron chi connectivity index (χ0n) is 20.5. The lowest BCUT2D eigenvalue weighted by Crippen LogP contribution is -2.37. The Labute approximate surface area is 188 Å². The molecule has 0 bridgehead atoms. The van der Waals surface area contributed by atoms with Crippen molar-refractivity contribution in [2.24, 2.45) is 16.7 Å². The maximum Gasteiger partial charge on any atom is 0.159 e. The molecule has 2 aliphatic carbocycles. The third-order valence-corrected chi connectivity index (χ3v) is 8.60. The number of aromatic nitrogens is 2. The lowest BCUT2D eigenvalue weighted by Gasteiger charge is -2.50. The number of nitrogens with zero attached hydrogens (tertiary/aromatic N) is 4. The van der Waals surface area contributed by atoms with Gasteiger partial charge in [0.1, 0.15) is 12.0 Å². The molecule has 2 atom stereocenters. The largest absolute Gasteiger partial charge is 0.382 e. The average molecular weight is 424 g/mol. The van der Waals surface area contributed by atoms with E-state index in [9.17, 15) is 0 Å². The molecule has 0 saturated heterocycles. The molecular formula is C26H41N5. The summed E-state index contributed by atoms with van der Waals surface area (Å²) in [6.07, 6.45) is 13.0. The van der Waals surface area contributed by atoms with E-state index in [2.05, 4.69) is 67.5 Å². The van der Waals surface area contributed by atoms with Gasteiger partial charge in [-0.05, 0) is 68.6 Å². The van der Waals surface area contributed by atoms with Crippen molar-refractivity contribution >= 4 is 17.3 Å². The number of fused-ring (bicyclic) bond motifs is 1. The molecule has 0 saturated carbocycles. The van der Waals surface area contributed by atoms with Crippen LogP contribution < -0.4 is 15.5 Å². The number of nitrogens with two attached hydrogens (primary N) is 1. The number of anilines is 3. The molecule has 4 rings (SSSR count). The summed E-state index contributed by atoms with van der Waals surface area (Å²) < 4.78 is 0. The van der Waals surface area contributed by atoms with Crippen LogP contribution in [0.25, 0.3) is 0 Å². The van der Waals surface area contributed by atoms with Gasteiger partial charge in [0, 0.05) is 13.6 Å². The van der Waals surface area contributed by atoms with E-state index in [1.807, 2.05) is 5.57 Å². The lowest BCUT2D eigenvalue weighted by molar-refractivity contribution is 0.169. The van der Waals surface area contributed by atoms with Crippen LogP contribution in [0.3, 0.4) is 0 Å². The quantitative estimate of drug-likeness (QED) is 0.594. The Balaban J connectivity index is 1.46. The summed E-state index contributed by atoms with van der Waals surface area (Å²) in [4.78, 5) is 13.0. The Hall–Kier alpha value is -2.04. The maximum atomic E-state index is 6.16. The summed E-state index contributed by atoms with van der Waals surface area (Å²) in [5.41, 5.74) is 13.0. The highest BCUT2D eigenvalue weighted by atomic mass is 15.4. The zero-order chi connectivity index (χ0) is 22.4. The molecule has 0 spiro atoms. The van der Waals surface area contributed by atoms with Crippen molar-refractivity contribution in [1.29, 1.82) is 0 Å². The summed E-state index contributed by atoms with van der Waals surface area (Å²) >= 11 is 0. The minimum absolute atomic E-state index is 0.346. The monoisotopic (exact) mass is 423 g/mol. The molecule has 2 heterocycles. The van der Waals surface area contributed by atoms with Crippen molar-refractivity contribution in [2.75, 3.05) is 35.8 Å². The van der Waals surface area contributed by atoms with Gasteiger partial charge in [0.05, 0.1) is 6.67 Å². The molecule has 1 aromatic rings. The first-order valence-electron chi connectivity index (χ1n) is 12.1. The normalized spacial score (nSPS) is 28.1. The molecule has 1 aliphatic heterocycles. The Morgan fingerprint density at radius 1 is 1.23 bits per heavy atom. The van der Waals surface area contributed by atoms with Crippen molar-refractivity contribution in [2.45, 2.75) is 79.6 Å². The zero-order valence-corrected chi connectivity index (χ0v) is 20.5. The van der Waals surface area contributed by atoms with Gasteiger partial charge in [0.2, 0.25) is 0 Å². The number of nitrogen functional groups attached to an aromatic ring is 1. The van der Waals surface area contributed by atoms with E-state index in [-0.39, 0.29) is 0 Å². The van der Waals surface area contributed by atoms with E-state index < -0.39 is 0 Å². The SMILES string of the molecule is CC(=CCN1CN(C)c2ncnc(N)c21)CCC1(C)C2=C(CCC1C)C(C)(C)CCC2. The van der Waals surface area contributed by atoms with Gasteiger partial charge in [-0.1, -0.05) is 50.5 Å². The third-order valence-electron chi connectivity index (χ3n) is 8.60. The summed E-state index contributed by atoms with van der Waals surface area (Å²) in [5, 5.41) is 0. The second-order valence-corrected chi connectivity index (χ2v) is 11.1. The van der Waals surface area contributed by atoms with E-state index in [1.54, 1.807) is 11.9 Å². The molecule has 31 heavy (non-hydrogen) atoms. The Bertz CT molecular complexity index is 899. The highest BCUT2D eigenvalue weighted by Gasteiger charge is 2.44. The van der Waals surface area contributed by atoms with Crippen LogP contribution in [0.4, 0.5) is 17.3 Å². The molecule has 0 fully saturated rings. The van der Waals surface area contributed by atoms with Crippen LogP contribution >= 0.6 is 0 Å². The van der Waals surface area contributed by atoms with E-state index >= 15 is 0 Å². The molecule has 1 aromatic heterocycles. The predicted octanol–water partition coefficient (Wildman–Crippen LogP) is 5.94. The van der Waals surface area contributed by atoms with Gasteiger partial charge < -0.3 is 15.5 Å². The van der Waals surface area contributed by atoms with Crippen LogP contribution in [0.2, 0.25) is 0 Å². The van der Waals surface area contributed by atoms with E-state index in [4.69, 9.17) is 5.73 Å². The molecule has 2 N–H and O–H groups in total. The smallest absolute Gasteiger partial charge is 0.159 e. The summed E-state index contributed by atoms with van der Waals surface area (Å²) in [5.74, 6) is 2.27. The molecule has 3 aliphatic rings. The van der Waals surface area contributed by atoms with E-state index in [0.29, 0.717) is 16.6 Å². The Morgan fingerprint density at radius 3 is 2.77 bits per heavy atom. The van der Waals surface area contributed by atoms with Crippen LogP contribution in [0, 0.1) is 16.7 Å². The Morgan fingerprint density at radius 2 is 2.00 bits per heavy atom. The van der Waals surface area contributed by atoms with Gasteiger partial charge in [0.15, 0.2) is 11.6 Å². The van der Waals surface area contributed by atoms with Crippen molar-refractivity contribution in [3.05, 3.63) is 29.1 Å². The average Bonchev–Trinajstić information content (AvgIpc) is 3.05. The van der Waals surface area contributed by atoms with Gasteiger partial charge in [-0.25, -0.2) is 9.97 Å². The van der Waals surface area contributed by atoms with E-state index in [1.165, 1.54) is 44.1 Å². The third kappa shape index (κ3) is 3.96. The number of hydrogen-bond acceptors (Lipinski definition) is 5. The fourth-order valence-electron chi connectivity index (χ4n) is 6.24. The lowest BCUT2D eigenvalue weighted by atomic mass is 9.55. The standard InChI is InChI=1S/C26H41N5/c1-18(12-15-31-17-30(6)24-22(31)23(27)28-16-29-24)11-14-26(5)19(2)9-10-20-21(26)8-7-13-25(20,3)4/h12,16,19H,7-11,13-15,17H2,1-6H3,(H2,27,28,29). The molecule has 170 valence electrons. The second kappa shape index (κ2) is 8.14. The van der Waals surface area contributed by atoms with Crippen molar-refractivity contribution in [1.82, 2.24) is 9.97 Å². The fraction of sp³-hybridized carbons (Fsp3) is 0.692. The molecule has 5 heteroatoms. The van der Waals surface area contributed by atoms with Crippen LogP contribution in [-0.4, -0.2) is 30.2 Å². The molecule has 2 unspecified atom stereocenters. The molecule has 0 radical (unpaired) electrons. The summed E-state index contributed by atoms with van der Waals surface area (Å²) in [6.45, 7) is 14.0. The summed E-state index contributed by atoms with van der Waals surface area (Å²) in [7, 11) is 2.06. The fourth-order valence-corrected chi connectivity index (χ4v) is 6.24. The molecule has 5 nitrogen and oxygen atoms in total. The number of hydrogen-bond donors (Lipinski definition) is 1. The molecule has 0 aromatic carbocycles. The molecular weight excluding hydrogens is 382 g/mol. The predicted molar refractivity (Wildman–Crippen MR) is 131 cm³/mol. The van der Waals surface area contributed by atoms with Crippen LogP contribution in [0.1, 0.15) is 79.6 Å². The first-order chi connectivity index (χ1) is 14.6. The van der Waals surface area contributed by atoms with Gasteiger partial charge in [-0.3, -0.25) is 0 Å². The van der Waals surface area contributed by atoms with Gasteiger partial charge in [0.25, 0.3) is 0 Å². The van der Waals surface area contributed by atoms with Gasteiger partial charge >= 0.3 is 0 Å². The maximum absolute atomic E-state index is 6.16. The number of allylic oxidation sites excluding steroid dienone is 3. The topological polar surface area (TPSA) is 58.3 Å². The van der Waals surface area contributed by atoms with Crippen molar-refractivity contribution in [3.8, 4) is 0 Å². The summed E-state index contributed by atoms with van der Waals surface area (Å²) in [6, 6.07) is 0. The van der Waals surface area contributed by atoms with Crippen molar-refractivity contribution < 1.29 is 0 Å². The van der Waals surface area contributed by atoms with Crippen LogP contribution in [0.5, 0.6) is 0 Å². The molecule has 0 amide bonds. The first kappa shape index (κ1) is 22.2. The van der Waals surface area contributed by atoms with E-state index in [0.717, 1.165) is 37.1 Å². The minimum atomic E-state index is 0.346. The van der Waals surface area contributed by atoms with Gasteiger partial charge in [-0.15, -0.1) is 0 Å². The second-order valence-electron chi connectivity index (χ2n) is 11.1. The highest BCUT2D eigenvalue weighted by Crippen LogP contribution is 2.56.